The second kappa shape index (κ2) is 7.30. The van der Waals surface area contributed by atoms with Crippen molar-refractivity contribution in [1.82, 2.24) is 10.3 Å². The molecule has 1 fully saturated rings. The van der Waals surface area contributed by atoms with Crippen LogP contribution in [0, 0.1) is 11.8 Å². The molecule has 0 saturated heterocycles. The SMILES string of the molecule is CN=C(NC)N(C)N=CC1CCCCC(C)C1. The molecule has 1 N–H and O–H groups in total. The van der Waals surface area contributed by atoms with Gasteiger partial charge in [0, 0.05) is 27.4 Å². The van der Waals surface area contributed by atoms with Crippen molar-refractivity contribution in [2.45, 2.75) is 39.0 Å². The first kappa shape index (κ1) is 14.0. The van der Waals surface area contributed by atoms with E-state index in [1.807, 2.05) is 14.1 Å². The molecule has 1 saturated carbocycles. The van der Waals surface area contributed by atoms with Gasteiger partial charge in [0.25, 0.3) is 0 Å². The minimum atomic E-state index is 0.630. The van der Waals surface area contributed by atoms with E-state index >= 15 is 0 Å². The largest absolute Gasteiger partial charge is 0.358 e. The van der Waals surface area contributed by atoms with Crippen molar-refractivity contribution in [2.24, 2.45) is 21.9 Å². The monoisotopic (exact) mass is 238 g/mol. The normalized spacial score (nSPS) is 26.9. The van der Waals surface area contributed by atoms with Crippen molar-refractivity contribution in [3.63, 3.8) is 0 Å². The van der Waals surface area contributed by atoms with Gasteiger partial charge < -0.3 is 5.32 Å². The summed E-state index contributed by atoms with van der Waals surface area (Å²) < 4.78 is 0. The molecule has 0 heterocycles. The minimum Gasteiger partial charge on any atom is -0.358 e. The summed E-state index contributed by atoms with van der Waals surface area (Å²) in [6, 6.07) is 0. The fraction of sp³-hybridized carbons (Fsp3) is 0.846. The van der Waals surface area contributed by atoms with Crippen LogP contribution in [-0.2, 0) is 0 Å². The molecule has 4 nitrogen and oxygen atoms in total. The Bertz CT molecular complexity index is 273. The van der Waals surface area contributed by atoms with Gasteiger partial charge in [-0.2, -0.15) is 5.10 Å². The van der Waals surface area contributed by atoms with Crippen LogP contribution in [0.5, 0.6) is 0 Å². The van der Waals surface area contributed by atoms with Crippen LogP contribution in [-0.4, -0.2) is 38.3 Å². The van der Waals surface area contributed by atoms with Gasteiger partial charge in [0.2, 0.25) is 5.96 Å². The Labute approximate surface area is 105 Å². The van der Waals surface area contributed by atoms with Crippen molar-refractivity contribution < 1.29 is 0 Å². The lowest BCUT2D eigenvalue weighted by Crippen LogP contribution is -2.33. The Morgan fingerprint density at radius 1 is 1.35 bits per heavy atom. The molecular weight excluding hydrogens is 212 g/mol. The third-order valence-corrected chi connectivity index (χ3v) is 3.42. The van der Waals surface area contributed by atoms with Crippen LogP contribution in [0.4, 0.5) is 0 Å². The molecule has 98 valence electrons. The average molecular weight is 238 g/mol. The minimum absolute atomic E-state index is 0.630. The van der Waals surface area contributed by atoms with Gasteiger partial charge in [-0.3, -0.25) is 4.99 Å². The van der Waals surface area contributed by atoms with Gasteiger partial charge in [-0.1, -0.05) is 26.2 Å². The third-order valence-electron chi connectivity index (χ3n) is 3.42. The molecule has 1 aliphatic rings. The quantitative estimate of drug-likeness (QED) is 0.347. The van der Waals surface area contributed by atoms with Gasteiger partial charge in [-0.05, 0) is 24.7 Å². The summed E-state index contributed by atoms with van der Waals surface area (Å²) in [5.41, 5.74) is 0. The Kier molecular flexibility index (Phi) is 6.01. The van der Waals surface area contributed by atoms with Crippen molar-refractivity contribution >= 4 is 12.2 Å². The first-order valence-corrected chi connectivity index (χ1v) is 6.59. The molecule has 17 heavy (non-hydrogen) atoms. The van der Waals surface area contributed by atoms with Gasteiger partial charge in [0.05, 0.1) is 0 Å². The Morgan fingerprint density at radius 2 is 2.06 bits per heavy atom. The molecule has 2 atom stereocenters. The van der Waals surface area contributed by atoms with E-state index in [-0.39, 0.29) is 0 Å². The summed E-state index contributed by atoms with van der Waals surface area (Å²) in [7, 11) is 5.56. The molecule has 0 bridgehead atoms. The predicted molar refractivity (Wildman–Crippen MR) is 74.4 cm³/mol. The molecule has 0 aromatic carbocycles. The predicted octanol–water partition coefficient (Wildman–Crippen LogP) is 2.33. The van der Waals surface area contributed by atoms with Crippen LogP contribution in [0.25, 0.3) is 0 Å². The van der Waals surface area contributed by atoms with Crippen LogP contribution in [0.15, 0.2) is 10.1 Å². The number of guanidine groups is 1. The number of nitrogens with one attached hydrogen (secondary N) is 1. The second-order valence-electron chi connectivity index (χ2n) is 4.97. The molecular formula is C13H26N4. The van der Waals surface area contributed by atoms with Gasteiger partial charge in [0.1, 0.15) is 0 Å². The fourth-order valence-electron chi connectivity index (χ4n) is 2.45. The van der Waals surface area contributed by atoms with Crippen molar-refractivity contribution in [3.8, 4) is 0 Å². The van der Waals surface area contributed by atoms with Crippen LogP contribution in [0.1, 0.15) is 39.0 Å². The van der Waals surface area contributed by atoms with E-state index in [0.29, 0.717) is 5.92 Å². The number of rotatable bonds is 2. The Hall–Kier alpha value is -1.06. The highest BCUT2D eigenvalue weighted by atomic mass is 15.5. The topological polar surface area (TPSA) is 40.0 Å². The molecule has 1 aliphatic carbocycles. The summed E-state index contributed by atoms with van der Waals surface area (Å²) in [6.45, 7) is 2.35. The van der Waals surface area contributed by atoms with Crippen molar-refractivity contribution in [1.29, 1.82) is 0 Å². The number of hydrogen-bond donors (Lipinski definition) is 1. The number of aliphatic imine (C=N–C) groups is 1. The molecule has 4 heteroatoms. The van der Waals surface area contributed by atoms with E-state index in [2.05, 4.69) is 28.5 Å². The van der Waals surface area contributed by atoms with Gasteiger partial charge >= 0.3 is 0 Å². The second-order valence-corrected chi connectivity index (χ2v) is 4.97. The van der Waals surface area contributed by atoms with E-state index in [1.165, 1.54) is 32.1 Å². The first-order valence-electron chi connectivity index (χ1n) is 6.59. The summed E-state index contributed by atoms with van der Waals surface area (Å²) in [5.74, 6) is 2.26. The van der Waals surface area contributed by atoms with Gasteiger partial charge in [-0.15, -0.1) is 0 Å². The molecule has 1 rings (SSSR count). The Morgan fingerprint density at radius 3 is 2.71 bits per heavy atom. The van der Waals surface area contributed by atoms with E-state index in [9.17, 15) is 0 Å². The molecule has 0 aliphatic heterocycles. The van der Waals surface area contributed by atoms with Gasteiger partial charge in [0.15, 0.2) is 0 Å². The van der Waals surface area contributed by atoms with Crippen molar-refractivity contribution in [3.05, 3.63) is 0 Å². The van der Waals surface area contributed by atoms with Crippen LogP contribution in [0.2, 0.25) is 0 Å². The highest BCUT2D eigenvalue weighted by molar-refractivity contribution is 5.80. The van der Waals surface area contributed by atoms with Gasteiger partial charge in [-0.25, -0.2) is 5.01 Å². The van der Waals surface area contributed by atoms with Crippen LogP contribution < -0.4 is 5.32 Å². The average Bonchev–Trinajstić information content (AvgIpc) is 2.52. The molecule has 0 amide bonds. The first-order chi connectivity index (χ1) is 8.17. The third kappa shape index (κ3) is 4.75. The standard InChI is InChI=1S/C13H26N4/c1-11-7-5-6-8-12(9-11)10-16-17(4)13(14-2)15-3/h10-12H,5-9H2,1-4H3,(H,14,15). The molecule has 0 spiro atoms. The zero-order valence-electron chi connectivity index (χ0n) is 11.6. The zero-order valence-corrected chi connectivity index (χ0v) is 11.6. The summed E-state index contributed by atoms with van der Waals surface area (Å²) in [5, 5.41) is 9.30. The van der Waals surface area contributed by atoms with E-state index in [4.69, 9.17) is 0 Å². The number of hydrazone groups is 1. The lowest BCUT2D eigenvalue weighted by molar-refractivity contribution is 0.463. The van der Waals surface area contributed by atoms with E-state index in [0.717, 1.165) is 11.9 Å². The lowest BCUT2D eigenvalue weighted by atomic mass is 9.96. The smallest absolute Gasteiger partial charge is 0.213 e. The summed E-state index contributed by atoms with van der Waals surface area (Å²) >= 11 is 0. The maximum Gasteiger partial charge on any atom is 0.213 e. The molecule has 0 aromatic heterocycles. The summed E-state index contributed by atoms with van der Waals surface area (Å²) in [6.07, 6.45) is 8.74. The lowest BCUT2D eigenvalue weighted by Gasteiger charge is -2.17. The van der Waals surface area contributed by atoms with E-state index in [1.54, 1.807) is 12.1 Å². The number of nitrogens with zero attached hydrogens (tertiary/aromatic N) is 3. The van der Waals surface area contributed by atoms with E-state index < -0.39 is 0 Å². The van der Waals surface area contributed by atoms with Crippen LogP contribution >= 0.6 is 0 Å². The number of hydrogen-bond acceptors (Lipinski definition) is 2. The zero-order chi connectivity index (χ0) is 12.7. The molecule has 0 aromatic rings. The molecule has 0 radical (unpaired) electrons. The Balaban J connectivity index is 2.51. The highest BCUT2D eigenvalue weighted by Crippen LogP contribution is 2.26. The van der Waals surface area contributed by atoms with Crippen molar-refractivity contribution in [2.75, 3.05) is 21.1 Å². The highest BCUT2D eigenvalue weighted by Gasteiger charge is 2.15. The fourth-order valence-corrected chi connectivity index (χ4v) is 2.45. The summed E-state index contributed by atoms with van der Waals surface area (Å²) in [4.78, 5) is 4.12. The maximum absolute atomic E-state index is 4.48. The maximum atomic E-state index is 4.48. The van der Waals surface area contributed by atoms with Crippen LogP contribution in [0.3, 0.4) is 0 Å². The molecule has 2 unspecified atom stereocenters.